The van der Waals surface area contributed by atoms with E-state index in [9.17, 15) is 38.4 Å². The quantitative estimate of drug-likeness (QED) is 0.0906. The molecule has 8 amide bonds. The van der Waals surface area contributed by atoms with Crippen molar-refractivity contribution in [1.29, 1.82) is 0 Å². The van der Waals surface area contributed by atoms with E-state index < -0.39 is 83.9 Å². The Bertz CT molecular complexity index is 1080. The van der Waals surface area contributed by atoms with E-state index in [1.807, 2.05) is 6.92 Å². The average Bonchev–Trinajstić information content (AvgIpc) is 3.41. The average molecular weight is 611 g/mol. The van der Waals surface area contributed by atoms with Crippen LogP contribution in [0.25, 0.3) is 0 Å². The molecule has 0 aliphatic carbocycles. The van der Waals surface area contributed by atoms with Crippen LogP contribution in [0.5, 0.6) is 0 Å². The molecule has 1 aliphatic rings. The molecule has 0 radical (unpaired) electrons. The Kier molecular flexibility index (Phi) is 14.6. The van der Waals surface area contributed by atoms with Gasteiger partial charge in [0.25, 0.3) is 0 Å². The summed E-state index contributed by atoms with van der Waals surface area (Å²) in [5, 5.41) is 9.92. The summed E-state index contributed by atoms with van der Waals surface area (Å²) in [7, 11) is 0. The van der Waals surface area contributed by atoms with Crippen LogP contribution in [0, 0.1) is 11.8 Å². The van der Waals surface area contributed by atoms with Crippen molar-refractivity contribution in [3.63, 3.8) is 0 Å². The van der Waals surface area contributed by atoms with E-state index in [0.717, 1.165) is 0 Å². The third-order valence-corrected chi connectivity index (χ3v) is 7.37. The summed E-state index contributed by atoms with van der Waals surface area (Å²) in [5.41, 5.74) is 16.0. The lowest BCUT2D eigenvalue weighted by Crippen LogP contribution is -2.60. The Morgan fingerprint density at radius 3 is 1.86 bits per heavy atom. The molecular weight excluding hydrogens is 564 g/mol. The summed E-state index contributed by atoms with van der Waals surface area (Å²) >= 11 is 0. The molecule has 1 rings (SSSR count). The maximum atomic E-state index is 13.3. The van der Waals surface area contributed by atoms with Gasteiger partial charge in [0.2, 0.25) is 47.3 Å². The Balaban J connectivity index is 3.15. The van der Waals surface area contributed by atoms with Gasteiger partial charge in [0.05, 0.1) is 6.42 Å². The Labute approximate surface area is 250 Å². The lowest BCUT2D eigenvalue weighted by atomic mass is 9.96. The second-order valence-electron chi connectivity index (χ2n) is 11.2. The number of likely N-dealkylation sites (tertiary alicyclic amines) is 1. The molecule has 1 fully saturated rings. The zero-order valence-electron chi connectivity index (χ0n) is 25.4. The number of amides is 8. The predicted octanol–water partition coefficient (Wildman–Crippen LogP) is -2.74. The highest BCUT2D eigenvalue weighted by Gasteiger charge is 2.36. The van der Waals surface area contributed by atoms with Gasteiger partial charge >= 0.3 is 0 Å². The summed E-state index contributed by atoms with van der Waals surface area (Å²) in [5.74, 6) is -6.71. The predicted molar refractivity (Wildman–Crippen MR) is 154 cm³/mol. The van der Waals surface area contributed by atoms with Gasteiger partial charge in [0.15, 0.2) is 0 Å². The smallest absolute Gasteiger partial charge is 0.243 e. The molecule has 1 heterocycles. The fraction of sp³-hybridized carbons (Fsp3) is 0.704. The maximum absolute atomic E-state index is 13.3. The fourth-order valence-corrected chi connectivity index (χ4v) is 4.68. The van der Waals surface area contributed by atoms with Crippen molar-refractivity contribution in [2.24, 2.45) is 29.0 Å². The van der Waals surface area contributed by atoms with Gasteiger partial charge in [-0.1, -0.05) is 34.1 Å². The van der Waals surface area contributed by atoms with E-state index in [4.69, 9.17) is 17.2 Å². The Morgan fingerprint density at radius 2 is 1.37 bits per heavy atom. The first-order valence-electron chi connectivity index (χ1n) is 14.3. The van der Waals surface area contributed by atoms with Crippen molar-refractivity contribution < 1.29 is 38.4 Å². The van der Waals surface area contributed by atoms with Gasteiger partial charge in [-0.05, 0) is 31.1 Å². The molecule has 16 heteroatoms. The first-order chi connectivity index (χ1) is 20.0. The summed E-state index contributed by atoms with van der Waals surface area (Å²) in [6, 6.07) is -5.92. The van der Waals surface area contributed by atoms with E-state index in [-0.39, 0.29) is 24.7 Å². The monoisotopic (exact) mass is 610 g/mol. The second kappa shape index (κ2) is 17.0. The number of primary amides is 3. The number of nitrogens with one attached hydrogen (secondary N) is 4. The van der Waals surface area contributed by atoms with Crippen molar-refractivity contribution in [3.05, 3.63) is 0 Å². The van der Waals surface area contributed by atoms with Gasteiger partial charge in [-0.3, -0.25) is 38.4 Å². The summed E-state index contributed by atoms with van der Waals surface area (Å²) < 4.78 is 0. The largest absolute Gasteiger partial charge is 0.370 e. The van der Waals surface area contributed by atoms with Gasteiger partial charge in [-0.25, -0.2) is 0 Å². The van der Waals surface area contributed by atoms with Crippen molar-refractivity contribution in [2.75, 3.05) is 6.54 Å². The van der Waals surface area contributed by atoms with Gasteiger partial charge in [-0.2, -0.15) is 0 Å². The van der Waals surface area contributed by atoms with Gasteiger partial charge in [0, 0.05) is 19.9 Å². The van der Waals surface area contributed by atoms with Crippen LogP contribution < -0.4 is 38.5 Å². The number of carbonyl (C=O) groups is 8. The fourth-order valence-electron chi connectivity index (χ4n) is 4.68. The third-order valence-electron chi connectivity index (χ3n) is 7.37. The minimum absolute atomic E-state index is 0.230. The lowest BCUT2D eigenvalue weighted by Gasteiger charge is -2.29. The number of nitrogens with two attached hydrogens (primary N) is 3. The molecule has 10 N–H and O–H groups in total. The maximum Gasteiger partial charge on any atom is 0.243 e. The molecule has 1 unspecified atom stereocenters. The highest BCUT2D eigenvalue weighted by molar-refractivity contribution is 5.98. The molecule has 1 saturated heterocycles. The summed E-state index contributed by atoms with van der Waals surface area (Å²) in [6.07, 6.45) is 0.316. The number of carbonyl (C=O) groups excluding carboxylic acids is 8. The number of hydrogen-bond donors (Lipinski definition) is 7. The number of nitrogens with zero attached hydrogens (tertiary/aromatic N) is 1. The SMILES string of the molecule is CCC(C)[C@H](NC(=O)[C@@H](NC(=O)[C@H](CC(N)=O)NC(=O)[C@H](CCC(N)=O)NC(=O)[C@@H]1CCCN1C(C)=O)C(C)C)C(N)=O. The van der Waals surface area contributed by atoms with Crippen LogP contribution in [0.1, 0.15) is 73.1 Å². The van der Waals surface area contributed by atoms with Crippen LogP contribution >= 0.6 is 0 Å². The third kappa shape index (κ3) is 11.5. The second-order valence-corrected chi connectivity index (χ2v) is 11.2. The Hall–Kier alpha value is -4.24. The molecule has 0 aromatic rings. The first-order valence-corrected chi connectivity index (χ1v) is 14.3. The van der Waals surface area contributed by atoms with E-state index in [1.165, 1.54) is 11.8 Å². The topological polar surface area (TPSA) is 266 Å². The number of hydrogen-bond acceptors (Lipinski definition) is 8. The van der Waals surface area contributed by atoms with Gasteiger partial charge < -0.3 is 43.4 Å². The van der Waals surface area contributed by atoms with Crippen molar-refractivity contribution in [2.45, 2.75) is 103 Å². The van der Waals surface area contributed by atoms with Crippen LogP contribution in [-0.4, -0.2) is 88.9 Å². The molecule has 16 nitrogen and oxygen atoms in total. The molecule has 0 saturated carbocycles. The lowest BCUT2D eigenvalue weighted by molar-refractivity contribution is -0.139. The Morgan fingerprint density at radius 1 is 0.791 bits per heavy atom. The molecular formula is C27H46N8O8. The van der Waals surface area contributed by atoms with E-state index >= 15 is 0 Å². The van der Waals surface area contributed by atoms with E-state index in [1.54, 1.807) is 20.8 Å². The van der Waals surface area contributed by atoms with Crippen LogP contribution in [0.4, 0.5) is 0 Å². The highest BCUT2D eigenvalue weighted by Crippen LogP contribution is 2.18. The molecule has 242 valence electrons. The van der Waals surface area contributed by atoms with Gasteiger partial charge in [-0.15, -0.1) is 0 Å². The molecule has 0 aromatic carbocycles. The first kappa shape index (κ1) is 36.8. The molecule has 43 heavy (non-hydrogen) atoms. The van der Waals surface area contributed by atoms with E-state index in [2.05, 4.69) is 21.3 Å². The molecule has 0 bridgehead atoms. The van der Waals surface area contributed by atoms with E-state index in [0.29, 0.717) is 25.8 Å². The highest BCUT2D eigenvalue weighted by atomic mass is 16.2. The summed E-state index contributed by atoms with van der Waals surface area (Å²) in [4.78, 5) is 101. The number of rotatable bonds is 17. The standard InChI is InChI=1S/C27H46N8O8/c1-6-14(4)22(23(30)39)34-27(43)21(13(2)3)33-25(41)17(12-20(29)38)32-24(40)16(9-10-19(28)37)31-26(42)18-8-7-11-35(18)15(5)36/h13-14,16-18,21-22H,6-12H2,1-5H3,(H2,28,37)(H2,29,38)(H2,30,39)(H,31,42)(H,32,40)(H,33,41)(H,34,43)/t14?,16-,17-,18-,21-,22-/m0/s1. The van der Waals surface area contributed by atoms with Crippen LogP contribution in [0.3, 0.4) is 0 Å². The normalized spacial score (nSPS) is 18.0. The minimum Gasteiger partial charge on any atom is -0.370 e. The molecule has 0 spiro atoms. The van der Waals surface area contributed by atoms with Crippen molar-refractivity contribution in [3.8, 4) is 0 Å². The minimum atomic E-state index is -1.56. The molecule has 1 aliphatic heterocycles. The van der Waals surface area contributed by atoms with Crippen LogP contribution in [0.15, 0.2) is 0 Å². The zero-order chi connectivity index (χ0) is 33.0. The van der Waals surface area contributed by atoms with Gasteiger partial charge in [0.1, 0.15) is 30.2 Å². The van der Waals surface area contributed by atoms with Crippen LogP contribution in [0.2, 0.25) is 0 Å². The summed E-state index contributed by atoms with van der Waals surface area (Å²) in [6.45, 7) is 8.51. The molecule has 0 aromatic heterocycles. The van der Waals surface area contributed by atoms with Crippen molar-refractivity contribution >= 4 is 47.3 Å². The van der Waals surface area contributed by atoms with Crippen LogP contribution in [-0.2, 0) is 38.4 Å². The molecule has 6 atom stereocenters. The van der Waals surface area contributed by atoms with Crippen molar-refractivity contribution in [1.82, 2.24) is 26.2 Å². The zero-order valence-corrected chi connectivity index (χ0v) is 25.4.